The zero-order chi connectivity index (χ0) is 10.7. The van der Waals surface area contributed by atoms with E-state index in [1.807, 2.05) is 0 Å². The Morgan fingerprint density at radius 1 is 1.64 bits per heavy atom. The first kappa shape index (κ1) is 10.8. The maximum atomic E-state index is 11.3. The van der Waals surface area contributed by atoms with Crippen LogP contribution < -0.4 is 11.2 Å². The Morgan fingerprint density at radius 2 is 2.29 bits per heavy atom. The van der Waals surface area contributed by atoms with Gasteiger partial charge in [-0.25, -0.2) is 4.79 Å². The molecule has 0 saturated heterocycles. The molecule has 1 aromatic heterocycles. The van der Waals surface area contributed by atoms with Crippen molar-refractivity contribution in [1.29, 1.82) is 0 Å². The Morgan fingerprint density at radius 3 is 2.86 bits per heavy atom. The van der Waals surface area contributed by atoms with Gasteiger partial charge in [0.25, 0.3) is 5.56 Å². The normalized spacial score (nSPS) is 11.8. The molecular weight excluding hydrogens is 204 g/mol. The van der Waals surface area contributed by atoms with Gasteiger partial charge in [0.05, 0.1) is 0 Å². The van der Waals surface area contributed by atoms with Crippen LogP contribution in [0, 0.1) is 6.92 Å². The van der Waals surface area contributed by atoms with Crippen LogP contribution in [0.2, 0.25) is 0 Å². The summed E-state index contributed by atoms with van der Waals surface area (Å²) in [5.41, 5.74) is 2.00. The maximum absolute atomic E-state index is 11.3. The largest absolute Gasteiger partial charge is 0.328 e. The minimum absolute atomic E-state index is 0.348. The number of rotatable bonds is 2. The molecular formula is C9H11ClN2O2. The second kappa shape index (κ2) is 4.28. The zero-order valence-electron chi connectivity index (χ0n) is 8.00. The molecule has 0 spiro atoms. The number of nitrogens with zero attached hydrogens (tertiary/aromatic N) is 1. The third-order valence-electron chi connectivity index (χ3n) is 1.79. The van der Waals surface area contributed by atoms with Gasteiger partial charge in [0.2, 0.25) is 0 Å². The van der Waals surface area contributed by atoms with Crippen LogP contribution >= 0.6 is 11.6 Å². The van der Waals surface area contributed by atoms with Crippen LogP contribution in [0.5, 0.6) is 0 Å². The number of aromatic nitrogens is 2. The summed E-state index contributed by atoms with van der Waals surface area (Å²) < 4.78 is 1.41. The number of allylic oxidation sites excluding steroid dienone is 1. The molecule has 0 unspecified atom stereocenters. The van der Waals surface area contributed by atoms with Gasteiger partial charge in [-0.2, -0.15) is 0 Å². The first-order valence-electron chi connectivity index (χ1n) is 4.11. The van der Waals surface area contributed by atoms with E-state index in [1.165, 1.54) is 16.3 Å². The zero-order valence-corrected chi connectivity index (χ0v) is 8.76. The quantitative estimate of drug-likeness (QED) is 0.798. The van der Waals surface area contributed by atoms with Crippen molar-refractivity contribution in [1.82, 2.24) is 9.55 Å². The molecule has 0 aliphatic carbocycles. The molecule has 76 valence electrons. The van der Waals surface area contributed by atoms with Crippen molar-refractivity contribution in [2.45, 2.75) is 20.4 Å². The summed E-state index contributed by atoms with van der Waals surface area (Å²) in [6.07, 6.45) is 1.52. The van der Waals surface area contributed by atoms with Crippen LogP contribution in [0.3, 0.4) is 0 Å². The number of nitrogens with one attached hydrogen (secondary N) is 1. The molecule has 1 N–H and O–H groups in total. The molecule has 0 aromatic carbocycles. The second-order valence-corrected chi connectivity index (χ2v) is 3.37. The maximum Gasteiger partial charge on any atom is 0.328 e. The van der Waals surface area contributed by atoms with Gasteiger partial charge in [0, 0.05) is 23.8 Å². The molecule has 0 atom stereocenters. The topological polar surface area (TPSA) is 54.9 Å². The summed E-state index contributed by atoms with van der Waals surface area (Å²) in [7, 11) is 0. The van der Waals surface area contributed by atoms with Gasteiger partial charge in [-0.05, 0) is 19.4 Å². The average molecular weight is 215 g/mol. The third kappa shape index (κ3) is 2.35. The summed E-state index contributed by atoms with van der Waals surface area (Å²) >= 11 is 5.48. The number of aromatic amines is 1. The van der Waals surface area contributed by atoms with E-state index in [-0.39, 0.29) is 5.56 Å². The molecule has 0 fully saturated rings. The summed E-state index contributed by atoms with van der Waals surface area (Å²) in [6.45, 7) is 3.84. The third-order valence-corrected chi connectivity index (χ3v) is 2.17. The minimum Gasteiger partial charge on any atom is -0.296 e. The van der Waals surface area contributed by atoms with Crippen LogP contribution in [0.1, 0.15) is 12.5 Å². The van der Waals surface area contributed by atoms with Gasteiger partial charge in [-0.1, -0.05) is 11.6 Å². The number of hydrogen-bond acceptors (Lipinski definition) is 2. The lowest BCUT2D eigenvalue weighted by Gasteiger charge is -2.04. The first-order chi connectivity index (χ1) is 6.54. The van der Waals surface area contributed by atoms with E-state index in [0.717, 1.165) is 5.57 Å². The predicted octanol–water partition coefficient (Wildman–Crippen LogP) is 0.988. The molecule has 0 amide bonds. The Kier molecular flexibility index (Phi) is 3.30. The van der Waals surface area contributed by atoms with Gasteiger partial charge in [-0.3, -0.25) is 14.3 Å². The second-order valence-electron chi connectivity index (χ2n) is 3.15. The fraction of sp³-hybridized carbons (Fsp3) is 0.333. The highest BCUT2D eigenvalue weighted by atomic mass is 35.5. The van der Waals surface area contributed by atoms with Crippen molar-refractivity contribution in [2.24, 2.45) is 0 Å². The molecule has 0 aliphatic heterocycles. The Hall–Kier alpha value is -1.29. The van der Waals surface area contributed by atoms with Crippen molar-refractivity contribution in [2.75, 3.05) is 0 Å². The van der Waals surface area contributed by atoms with E-state index in [4.69, 9.17) is 11.6 Å². The molecule has 14 heavy (non-hydrogen) atoms. The van der Waals surface area contributed by atoms with Crippen LogP contribution in [0.15, 0.2) is 26.9 Å². The summed E-state index contributed by atoms with van der Waals surface area (Å²) in [5, 5.41) is 0. The number of aryl methyl sites for hydroxylation is 1. The highest BCUT2D eigenvalue weighted by Gasteiger charge is 2.00. The fourth-order valence-electron chi connectivity index (χ4n) is 1.04. The first-order valence-corrected chi connectivity index (χ1v) is 4.54. The van der Waals surface area contributed by atoms with Crippen molar-refractivity contribution in [3.63, 3.8) is 0 Å². The Balaban J connectivity index is 3.17. The van der Waals surface area contributed by atoms with E-state index in [9.17, 15) is 9.59 Å². The molecule has 0 saturated carbocycles. The lowest BCUT2D eigenvalue weighted by Crippen LogP contribution is -2.30. The predicted molar refractivity (Wildman–Crippen MR) is 55.7 cm³/mol. The molecule has 0 aliphatic rings. The summed E-state index contributed by atoms with van der Waals surface area (Å²) in [6, 6.07) is 0. The molecule has 1 rings (SSSR count). The van der Waals surface area contributed by atoms with E-state index < -0.39 is 5.69 Å². The van der Waals surface area contributed by atoms with E-state index in [0.29, 0.717) is 12.1 Å². The molecule has 5 heteroatoms. The highest BCUT2D eigenvalue weighted by molar-refractivity contribution is 6.25. The number of H-pyrrole nitrogens is 1. The Labute approximate surface area is 85.8 Å². The molecule has 0 radical (unpaired) electrons. The number of hydrogen-bond donors (Lipinski definition) is 1. The van der Waals surface area contributed by atoms with Crippen LogP contribution in [-0.2, 0) is 6.54 Å². The lowest BCUT2D eigenvalue weighted by molar-refractivity contribution is 0.705. The summed E-state index contributed by atoms with van der Waals surface area (Å²) in [4.78, 5) is 24.5. The number of halogens is 1. The van der Waals surface area contributed by atoms with Crippen molar-refractivity contribution < 1.29 is 0 Å². The molecule has 1 heterocycles. The molecule has 4 nitrogen and oxygen atoms in total. The van der Waals surface area contributed by atoms with Crippen LogP contribution in [-0.4, -0.2) is 9.55 Å². The highest BCUT2D eigenvalue weighted by Crippen LogP contribution is 1.98. The van der Waals surface area contributed by atoms with Crippen LogP contribution in [0.25, 0.3) is 0 Å². The monoisotopic (exact) mass is 214 g/mol. The minimum atomic E-state index is -0.418. The van der Waals surface area contributed by atoms with Crippen molar-refractivity contribution >= 4 is 11.6 Å². The van der Waals surface area contributed by atoms with Gasteiger partial charge >= 0.3 is 5.69 Å². The SMILES string of the molecule is C/C(=C/Cl)Cn1cc(C)c(=O)[nH]c1=O. The van der Waals surface area contributed by atoms with Gasteiger partial charge in [-0.15, -0.1) is 0 Å². The van der Waals surface area contributed by atoms with Gasteiger partial charge in [0.1, 0.15) is 0 Å². The Bertz CT molecular complexity index is 470. The average Bonchev–Trinajstić information content (AvgIpc) is 2.14. The van der Waals surface area contributed by atoms with Gasteiger partial charge < -0.3 is 0 Å². The van der Waals surface area contributed by atoms with Crippen molar-refractivity contribution in [3.8, 4) is 0 Å². The van der Waals surface area contributed by atoms with E-state index >= 15 is 0 Å². The van der Waals surface area contributed by atoms with E-state index in [2.05, 4.69) is 4.98 Å². The summed E-state index contributed by atoms with van der Waals surface area (Å²) in [5.74, 6) is 0. The van der Waals surface area contributed by atoms with Crippen molar-refractivity contribution in [3.05, 3.63) is 43.7 Å². The fourth-order valence-corrected chi connectivity index (χ4v) is 1.11. The molecule has 1 aromatic rings. The molecule has 0 bridgehead atoms. The van der Waals surface area contributed by atoms with Crippen LogP contribution in [0.4, 0.5) is 0 Å². The van der Waals surface area contributed by atoms with E-state index in [1.54, 1.807) is 13.8 Å². The lowest BCUT2D eigenvalue weighted by atomic mass is 10.3. The smallest absolute Gasteiger partial charge is 0.296 e. The van der Waals surface area contributed by atoms with Gasteiger partial charge in [0.15, 0.2) is 0 Å². The standard InChI is InChI=1S/C9H11ClN2O2/c1-6(3-10)4-12-5-7(2)8(13)11-9(12)14/h3,5H,4H2,1-2H3,(H,11,13,14)/b6-3-.